The molecule has 0 saturated carbocycles. The Balaban J connectivity index is 1.68. The van der Waals surface area contributed by atoms with Gasteiger partial charge in [-0.3, -0.25) is 9.59 Å². The highest BCUT2D eigenvalue weighted by Crippen LogP contribution is 2.04. The minimum atomic E-state index is -0.326. The number of amides is 2. The van der Waals surface area contributed by atoms with E-state index in [2.05, 4.69) is 10.6 Å². The smallest absolute Gasteiger partial charge is 0.267 e. The lowest BCUT2D eigenvalue weighted by Crippen LogP contribution is -2.35. The summed E-state index contributed by atoms with van der Waals surface area (Å²) in [5.74, 6) is -0.652. The Bertz CT molecular complexity index is 1010. The van der Waals surface area contributed by atoms with Crippen molar-refractivity contribution in [1.29, 1.82) is 0 Å². The SMILES string of the molecule is O=C(NCCc1ccccc1)/C(=C/C=C\c1ccccc1)NC(=O)c1ccccc1. The number of benzene rings is 3. The molecule has 4 nitrogen and oxygen atoms in total. The van der Waals surface area contributed by atoms with Gasteiger partial charge in [0.1, 0.15) is 5.70 Å². The maximum Gasteiger partial charge on any atom is 0.267 e. The topological polar surface area (TPSA) is 58.2 Å². The number of carbonyl (C=O) groups is 2. The third-order valence-electron chi connectivity index (χ3n) is 4.42. The van der Waals surface area contributed by atoms with E-state index in [1.807, 2.05) is 72.8 Å². The van der Waals surface area contributed by atoms with Crippen molar-refractivity contribution in [3.63, 3.8) is 0 Å². The van der Waals surface area contributed by atoms with Gasteiger partial charge in [-0.15, -0.1) is 0 Å². The highest BCUT2D eigenvalue weighted by molar-refractivity contribution is 6.03. The van der Waals surface area contributed by atoms with E-state index in [1.54, 1.807) is 36.4 Å². The Kier molecular flexibility index (Phi) is 7.75. The van der Waals surface area contributed by atoms with Crippen molar-refractivity contribution in [2.24, 2.45) is 0 Å². The van der Waals surface area contributed by atoms with Gasteiger partial charge in [-0.2, -0.15) is 0 Å². The Morgan fingerprint density at radius 1 is 0.767 bits per heavy atom. The molecule has 2 amide bonds. The van der Waals surface area contributed by atoms with Crippen LogP contribution in [0.2, 0.25) is 0 Å². The molecule has 0 aliphatic rings. The van der Waals surface area contributed by atoms with E-state index >= 15 is 0 Å². The van der Waals surface area contributed by atoms with Crippen molar-refractivity contribution in [1.82, 2.24) is 10.6 Å². The van der Waals surface area contributed by atoms with E-state index in [-0.39, 0.29) is 17.5 Å². The van der Waals surface area contributed by atoms with Crippen LogP contribution in [0.1, 0.15) is 21.5 Å². The van der Waals surface area contributed by atoms with Crippen LogP contribution in [0.15, 0.2) is 109 Å². The van der Waals surface area contributed by atoms with Crippen LogP contribution >= 0.6 is 0 Å². The molecule has 0 heterocycles. The fourth-order valence-electron chi connectivity index (χ4n) is 2.84. The number of hydrogen-bond donors (Lipinski definition) is 2. The quantitative estimate of drug-likeness (QED) is 0.439. The van der Waals surface area contributed by atoms with E-state index in [1.165, 1.54) is 0 Å². The van der Waals surface area contributed by atoms with Gasteiger partial charge in [0.15, 0.2) is 0 Å². The average molecular weight is 396 g/mol. The number of hydrogen-bond acceptors (Lipinski definition) is 2. The van der Waals surface area contributed by atoms with Gasteiger partial charge in [-0.1, -0.05) is 91.0 Å². The highest BCUT2D eigenvalue weighted by Gasteiger charge is 2.13. The highest BCUT2D eigenvalue weighted by atomic mass is 16.2. The molecule has 0 bridgehead atoms. The molecule has 0 atom stereocenters. The van der Waals surface area contributed by atoms with Crippen molar-refractivity contribution in [3.05, 3.63) is 126 Å². The molecule has 3 rings (SSSR count). The summed E-state index contributed by atoms with van der Waals surface area (Å²) in [5, 5.41) is 5.61. The van der Waals surface area contributed by atoms with Crippen molar-refractivity contribution < 1.29 is 9.59 Å². The van der Waals surface area contributed by atoms with Crippen LogP contribution in [0.4, 0.5) is 0 Å². The van der Waals surface area contributed by atoms with Crippen molar-refractivity contribution in [3.8, 4) is 0 Å². The van der Waals surface area contributed by atoms with Crippen molar-refractivity contribution in [2.75, 3.05) is 6.54 Å². The summed E-state index contributed by atoms with van der Waals surface area (Å²) >= 11 is 0. The molecule has 30 heavy (non-hydrogen) atoms. The first-order valence-corrected chi connectivity index (χ1v) is 9.84. The molecule has 150 valence electrons. The van der Waals surface area contributed by atoms with Crippen molar-refractivity contribution >= 4 is 17.9 Å². The van der Waals surface area contributed by atoms with Gasteiger partial charge < -0.3 is 10.6 Å². The van der Waals surface area contributed by atoms with Gasteiger partial charge in [-0.25, -0.2) is 0 Å². The second kappa shape index (κ2) is 11.2. The standard InChI is InChI=1S/C26H24N2O2/c29-25(23-16-8-3-9-17-23)28-24(18-10-15-21-11-4-1-5-12-21)26(30)27-20-19-22-13-6-2-7-14-22/h1-18H,19-20H2,(H,27,30)(H,28,29)/b15-10-,24-18-. The lowest BCUT2D eigenvalue weighted by Gasteiger charge is -2.10. The fraction of sp³-hybridized carbons (Fsp3) is 0.0769. The van der Waals surface area contributed by atoms with Crippen LogP contribution in [0.25, 0.3) is 6.08 Å². The van der Waals surface area contributed by atoms with Gasteiger partial charge >= 0.3 is 0 Å². The van der Waals surface area contributed by atoms with Gasteiger partial charge in [-0.05, 0) is 35.8 Å². The third-order valence-corrected chi connectivity index (χ3v) is 4.42. The lowest BCUT2D eigenvalue weighted by molar-refractivity contribution is -0.117. The normalized spacial score (nSPS) is 11.3. The lowest BCUT2D eigenvalue weighted by atomic mass is 10.1. The Morgan fingerprint density at radius 3 is 2.03 bits per heavy atom. The molecular weight excluding hydrogens is 372 g/mol. The molecule has 0 saturated heterocycles. The molecule has 2 N–H and O–H groups in total. The maximum absolute atomic E-state index is 12.7. The van der Waals surface area contributed by atoms with Gasteiger partial charge in [0.05, 0.1) is 0 Å². The minimum absolute atomic E-state index is 0.198. The molecule has 0 spiro atoms. The number of rotatable bonds is 8. The summed E-state index contributed by atoms with van der Waals surface area (Å²) in [5.41, 5.74) is 2.84. The Morgan fingerprint density at radius 2 is 1.37 bits per heavy atom. The second-order valence-electron chi connectivity index (χ2n) is 6.66. The maximum atomic E-state index is 12.7. The Hall–Kier alpha value is -3.92. The first-order chi connectivity index (χ1) is 14.7. The largest absolute Gasteiger partial charge is 0.350 e. The minimum Gasteiger partial charge on any atom is -0.350 e. The summed E-state index contributed by atoms with van der Waals surface area (Å²) in [6.45, 7) is 0.476. The van der Waals surface area contributed by atoms with Gasteiger partial charge in [0, 0.05) is 12.1 Å². The number of allylic oxidation sites excluding steroid dienone is 2. The second-order valence-corrected chi connectivity index (χ2v) is 6.66. The predicted octanol–water partition coefficient (Wildman–Crippen LogP) is 4.37. The monoisotopic (exact) mass is 396 g/mol. The molecule has 0 fully saturated rings. The third kappa shape index (κ3) is 6.60. The van der Waals surface area contributed by atoms with Crippen molar-refractivity contribution in [2.45, 2.75) is 6.42 Å². The molecule has 3 aromatic carbocycles. The zero-order chi connectivity index (χ0) is 21.0. The van der Waals surface area contributed by atoms with Crippen LogP contribution in [0, 0.1) is 0 Å². The summed E-state index contributed by atoms with van der Waals surface area (Å²) in [4.78, 5) is 25.2. The molecule has 0 radical (unpaired) electrons. The van der Waals surface area contributed by atoms with Gasteiger partial charge in [0.25, 0.3) is 11.8 Å². The van der Waals surface area contributed by atoms with Crippen LogP contribution in [0.3, 0.4) is 0 Å². The summed E-state index contributed by atoms with van der Waals surface area (Å²) in [6.07, 6.45) is 5.97. The van der Waals surface area contributed by atoms with Crippen LogP contribution in [-0.4, -0.2) is 18.4 Å². The fourth-order valence-corrected chi connectivity index (χ4v) is 2.84. The Labute approximate surface area is 177 Å². The molecule has 0 aliphatic carbocycles. The van der Waals surface area contributed by atoms with E-state index < -0.39 is 0 Å². The van der Waals surface area contributed by atoms with Gasteiger partial charge in [0.2, 0.25) is 0 Å². The number of nitrogens with one attached hydrogen (secondary N) is 2. The first kappa shape index (κ1) is 20.8. The summed E-state index contributed by atoms with van der Waals surface area (Å²) in [7, 11) is 0. The van der Waals surface area contributed by atoms with Crippen LogP contribution in [-0.2, 0) is 11.2 Å². The zero-order valence-corrected chi connectivity index (χ0v) is 16.6. The molecule has 0 aromatic heterocycles. The average Bonchev–Trinajstić information content (AvgIpc) is 2.80. The molecule has 3 aromatic rings. The van der Waals surface area contributed by atoms with E-state index in [9.17, 15) is 9.59 Å². The summed E-state index contributed by atoms with van der Waals surface area (Å²) < 4.78 is 0. The zero-order valence-electron chi connectivity index (χ0n) is 16.6. The molecule has 4 heteroatoms. The van der Waals surface area contributed by atoms with E-state index in [0.29, 0.717) is 18.5 Å². The van der Waals surface area contributed by atoms with E-state index in [0.717, 1.165) is 11.1 Å². The van der Waals surface area contributed by atoms with Crippen LogP contribution < -0.4 is 10.6 Å². The molecule has 0 unspecified atom stereocenters. The molecule has 0 aliphatic heterocycles. The predicted molar refractivity (Wildman–Crippen MR) is 121 cm³/mol. The molecular formula is C26H24N2O2. The summed E-state index contributed by atoms with van der Waals surface area (Å²) in [6, 6.07) is 28.5. The van der Waals surface area contributed by atoms with Crippen LogP contribution in [0.5, 0.6) is 0 Å². The first-order valence-electron chi connectivity index (χ1n) is 9.84. The number of carbonyl (C=O) groups excluding carboxylic acids is 2. The van der Waals surface area contributed by atoms with E-state index in [4.69, 9.17) is 0 Å².